The van der Waals surface area contributed by atoms with E-state index in [1.807, 2.05) is 71.2 Å². The summed E-state index contributed by atoms with van der Waals surface area (Å²) in [4.78, 5) is 11.2. The molecule has 100 valence electrons. The summed E-state index contributed by atoms with van der Waals surface area (Å²) in [6.45, 7) is 3.83. The van der Waals surface area contributed by atoms with Gasteiger partial charge in [0.25, 0.3) is 0 Å². The molecule has 6 heteroatoms. The second kappa shape index (κ2) is 6.90. The van der Waals surface area contributed by atoms with Gasteiger partial charge in [-0.1, -0.05) is 13.8 Å². The number of nitrogens with one attached hydrogen (secondary N) is 1. The second-order valence-electron chi connectivity index (χ2n) is 4.32. The maximum Gasteiger partial charge on any atom is 0.321 e. The predicted molar refractivity (Wildman–Crippen MR) is 86.9 cm³/mol. The van der Waals surface area contributed by atoms with Crippen molar-refractivity contribution in [1.82, 2.24) is 5.32 Å². The molecule has 1 atom stereocenters. The standard InChI is InChI=1S/C12H15I2NO3/c1-6(2)15-10(12(17)18)5-7-3-8(13)11(16)9(14)4-7/h3-4,6,10,15-16H,5H2,1-2H3,(H,17,18)/t10-/m0/s1. The van der Waals surface area contributed by atoms with Crippen LogP contribution in [0, 0.1) is 7.14 Å². The highest BCUT2D eigenvalue weighted by molar-refractivity contribution is 14.1. The van der Waals surface area contributed by atoms with E-state index in [2.05, 4.69) is 5.32 Å². The molecular weight excluding hydrogens is 460 g/mol. The quantitative estimate of drug-likeness (QED) is 0.574. The summed E-state index contributed by atoms with van der Waals surface area (Å²) in [5.74, 6) is -0.606. The lowest BCUT2D eigenvalue weighted by atomic mass is 10.1. The van der Waals surface area contributed by atoms with Crippen LogP contribution in [0.5, 0.6) is 5.75 Å². The smallest absolute Gasteiger partial charge is 0.321 e. The van der Waals surface area contributed by atoms with E-state index in [-0.39, 0.29) is 11.8 Å². The average molecular weight is 475 g/mol. The normalized spacial score (nSPS) is 12.7. The molecule has 3 N–H and O–H groups in total. The number of aromatic hydroxyl groups is 1. The number of benzene rings is 1. The average Bonchev–Trinajstić information content (AvgIpc) is 2.24. The number of hydrogen-bond acceptors (Lipinski definition) is 3. The Bertz CT molecular complexity index is 426. The van der Waals surface area contributed by atoms with Crippen LogP contribution in [0.15, 0.2) is 12.1 Å². The second-order valence-corrected chi connectivity index (χ2v) is 6.65. The van der Waals surface area contributed by atoms with E-state index in [4.69, 9.17) is 5.11 Å². The van der Waals surface area contributed by atoms with E-state index in [0.29, 0.717) is 6.42 Å². The summed E-state index contributed by atoms with van der Waals surface area (Å²) in [6, 6.07) is 3.13. The lowest BCUT2D eigenvalue weighted by Crippen LogP contribution is -2.42. The van der Waals surface area contributed by atoms with Crippen LogP contribution in [0.4, 0.5) is 0 Å². The van der Waals surface area contributed by atoms with Crippen molar-refractivity contribution in [3.05, 3.63) is 24.8 Å². The molecule has 0 aliphatic heterocycles. The fraction of sp³-hybridized carbons (Fsp3) is 0.417. The first-order valence-corrected chi connectivity index (χ1v) is 7.62. The van der Waals surface area contributed by atoms with Crippen molar-refractivity contribution in [2.75, 3.05) is 0 Å². The van der Waals surface area contributed by atoms with Crippen molar-refractivity contribution in [2.45, 2.75) is 32.4 Å². The molecule has 18 heavy (non-hydrogen) atoms. The van der Waals surface area contributed by atoms with Crippen molar-refractivity contribution in [3.63, 3.8) is 0 Å². The van der Waals surface area contributed by atoms with Gasteiger partial charge in [0.1, 0.15) is 11.8 Å². The van der Waals surface area contributed by atoms with Gasteiger partial charge in [-0.2, -0.15) is 0 Å². The summed E-state index contributed by atoms with van der Waals surface area (Å²) in [7, 11) is 0. The molecule has 0 bridgehead atoms. The molecule has 0 aliphatic rings. The van der Waals surface area contributed by atoms with E-state index in [0.717, 1.165) is 12.7 Å². The van der Waals surface area contributed by atoms with Crippen molar-refractivity contribution in [3.8, 4) is 5.75 Å². The van der Waals surface area contributed by atoms with Gasteiger partial charge in [0.2, 0.25) is 0 Å². The van der Waals surface area contributed by atoms with E-state index >= 15 is 0 Å². The number of carboxylic acid groups (broad SMARTS) is 1. The zero-order valence-corrected chi connectivity index (χ0v) is 14.4. The Morgan fingerprint density at radius 1 is 1.33 bits per heavy atom. The Hall–Kier alpha value is -0.0900. The van der Waals surface area contributed by atoms with Gasteiger partial charge in [0.05, 0.1) is 7.14 Å². The Kier molecular flexibility index (Phi) is 6.12. The number of rotatable bonds is 5. The SMILES string of the molecule is CC(C)N[C@@H](Cc1cc(I)c(O)c(I)c1)C(=O)O. The third kappa shape index (κ3) is 4.54. The maximum atomic E-state index is 11.2. The summed E-state index contributed by atoms with van der Waals surface area (Å²) < 4.78 is 1.48. The zero-order valence-electron chi connectivity index (χ0n) is 10.1. The number of phenolic OH excluding ortho intramolecular Hbond substituents is 1. The van der Waals surface area contributed by atoms with E-state index in [9.17, 15) is 9.90 Å². The minimum absolute atomic E-state index is 0.112. The van der Waals surface area contributed by atoms with Gasteiger partial charge in [0.15, 0.2) is 0 Å². The highest BCUT2D eigenvalue weighted by Gasteiger charge is 2.19. The van der Waals surface area contributed by atoms with Crippen molar-refractivity contribution < 1.29 is 15.0 Å². The van der Waals surface area contributed by atoms with Crippen LogP contribution in [-0.2, 0) is 11.2 Å². The third-order valence-electron chi connectivity index (χ3n) is 2.35. The molecule has 0 unspecified atom stereocenters. The molecule has 1 aromatic rings. The first-order chi connectivity index (χ1) is 8.31. The largest absolute Gasteiger partial charge is 0.506 e. The first-order valence-electron chi connectivity index (χ1n) is 5.47. The Balaban J connectivity index is 2.91. The lowest BCUT2D eigenvalue weighted by molar-refractivity contribution is -0.139. The van der Waals surface area contributed by atoms with Gasteiger partial charge in [-0.25, -0.2) is 0 Å². The molecule has 0 saturated heterocycles. The monoisotopic (exact) mass is 475 g/mol. The maximum absolute atomic E-state index is 11.2. The molecule has 0 heterocycles. The van der Waals surface area contributed by atoms with Crippen LogP contribution in [0.3, 0.4) is 0 Å². The summed E-state index contributed by atoms with van der Waals surface area (Å²) in [5, 5.41) is 21.8. The highest BCUT2D eigenvalue weighted by Crippen LogP contribution is 2.27. The number of carbonyl (C=O) groups is 1. The first kappa shape index (κ1) is 16.0. The van der Waals surface area contributed by atoms with E-state index in [1.165, 1.54) is 0 Å². The topological polar surface area (TPSA) is 69.6 Å². The number of halogens is 2. The van der Waals surface area contributed by atoms with Crippen LogP contribution in [0.2, 0.25) is 0 Å². The molecule has 1 rings (SSSR count). The summed E-state index contributed by atoms with van der Waals surface area (Å²) in [6.07, 6.45) is 0.403. The van der Waals surface area contributed by atoms with Crippen LogP contribution < -0.4 is 5.32 Å². The van der Waals surface area contributed by atoms with Gasteiger partial charge >= 0.3 is 5.97 Å². The molecular formula is C12H15I2NO3. The highest BCUT2D eigenvalue weighted by atomic mass is 127. The van der Waals surface area contributed by atoms with Crippen LogP contribution >= 0.6 is 45.2 Å². The molecule has 0 aliphatic carbocycles. The van der Waals surface area contributed by atoms with Gasteiger partial charge in [-0.05, 0) is 69.3 Å². The molecule has 0 fully saturated rings. The van der Waals surface area contributed by atoms with Crippen LogP contribution in [0.1, 0.15) is 19.4 Å². The fourth-order valence-electron chi connectivity index (χ4n) is 1.59. The molecule has 0 spiro atoms. The van der Waals surface area contributed by atoms with Gasteiger partial charge < -0.3 is 15.5 Å². The molecule has 0 aromatic heterocycles. The summed E-state index contributed by atoms with van der Waals surface area (Å²) >= 11 is 4.09. The minimum atomic E-state index is -0.859. The third-order valence-corrected chi connectivity index (χ3v) is 3.99. The number of hydrogen-bond donors (Lipinski definition) is 3. The molecule has 0 amide bonds. The van der Waals surface area contributed by atoms with Crippen molar-refractivity contribution in [2.24, 2.45) is 0 Å². The van der Waals surface area contributed by atoms with Gasteiger partial charge in [0, 0.05) is 6.04 Å². The lowest BCUT2D eigenvalue weighted by Gasteiger charge is -2.17. The van der Waals surface area contributed by atoms with Crippen LogP contribution in [-0.4, -0.2) is 28.3 Å². The minimum Gasteiger partial charge on any atom is -0.506 e. The number of aliphatic carboxylic acids is 1. The molecule has 0 radical (unpaired) electrons. The zero-order chi connectivity index (χ0) is 13.9. The predicted octanol–water partition coefficient (Wildman–Crippen LogP) is 2.60. The Morgan fingerprint density at radius 3 is 2.22 bits per heavy atom. The van der Waals surface area contributed by atoms with Gasteiger partial charge in [-0.3, -0.25) is 4.79 Å². The molecule has 0 saturated carbocycles. The molecule has 1 aromatic carbocycles. The number of carboxylic acids is 1. The number of phenols is 1. The Morgan fingerprint density at radius 2 is 1.83 bits per heavy atom. The van der Waals surface area contributed by atoms with Crippen LogP contribution in [0.25, 0.3) is 0 Å². The fourth-order valence-corrected chi connectivity index (χ4v) is 3.49. The van der Waals surface area contributed by atoms with E-state index < -0.39 is 12.0 Å². The van der Waals surface area contributed by atoms with E-state index in [1.54, 1.807) is 0 Å². The van der Waals surface area contributed by atoms with Crippen molar-refractivity contribution in [1.29, 1.82) is 0 Å². The summed E-state index contributed by atoms with van der Waals surface area (Å²) in [5.41, 5.74) is 0.905. The molecule has 4 nitrogen and oxygen atoms in total. The van der Waals surface area contributed by atoms with Crippen molar-refractivity contribution >= 4 is 51.2 Å². The van der Waals surface area contributed by atoms with Gasteiger partial charge in [-0.15, -0.1) is 0 Å². The Labute approximate surface area is 133 Å².